The van der Waals surface area contributed by atoms with Crippen LogP contribution in [0, 0.1) is 0 Å². The lowest BCUT2D eigenvalue weighted by Crippen LogP contribution is -2.43. The van der Waals surface area contributed by atoms with Crippen LogP contribution in [-0.4, -0.2) is 48.7 Å². The molecule has 0 amide bonds. The molecule has 1 aliphatic heterocycles. The number of aromatic carboxylic acids is 1. The summed E-state index contributed by atoms with van der Waals surface area (Å²) in [6.45, 7) is 5.50. The Morgan fingerprint density at radius 3 is 2.48 bits per heavy atom. The summed E-state index contributed by atoms with van der Waals surface area (Å²) >= 11 is 0. The third-order valence-corrected chi connectivity index (χ3v) is 4.87. The predicted molar refractivity (Wildman–Crippen MR) is 94.4 cm³/mol. The maximum Gasteiger partial charge on any atom is 0.335 e. The van der Waals surface area contributed by atoms with E-state index < -0.39 is 5.97 Å². The summed E-state index contributed by atoms with van der Waals surface area (Å²) in [5.74, 6) is -0.877. The quantitative estimate of drug-likeness (QED) is 0.939. The van der Waals surface area contributed by atoms with E-state index in [-0.39, 0.29) is 0 Å². The Morgan fingerprint density at radius 1 is 1.17 bits per heavy atom. The summed E-state index contributed by atoms with van der Waals surface area (Å²) in [7, 11) is 2.18. The number of hydrogen-bond donors (Lipinski definition) is 1. The third kappa shape index (κ3) is 3.32. The third-order valence-electron chi connectivity index (χ3n) is 4.87. The number of hydrogen-bond acceptors (Lipinski definition) is 3. The summed E-state index contributed by atoms with van der Waals surface area (Å²) in [4.78, 5) is 16.0. The summed E-state index contributed by atoms with van der Waals surface area (Å²) in [6, 6.07) is 12.3. The Hall–Kier alpha value is -2.07. The summed E-state index contributed by atoms with van der Waals surface area (Å²) in [5.41, 5.74) is 1.57. The van der Waals surface area contributed by atoms with E-state index in [2.05, 4.69) is 35.9 Å². The van der Waals surface area contributed by atoms with Crippen molar-refractivity contribution in [3.05, 3.63) is 42.0 Å². The Labute approximate surface area is 137 Å². The zero-order chi connectivity index (χ0) is 16.4. The van der Waals surface area contributed by atoms with E-state index in [9.17, 15) is 4.79 Å². The minimum Gasteiger partial charge on any atom is -0.478 e. The fraction of sp³-hybridized carbons (Fsp3) is 0.421. The minimum atomic E-state index is -0.877. The van der Waals surface area contributed by atoms with Crippen LogP contribution in [0.2, 0.25) is 0 Å². The van der Waals surface area contributed by atoms with Gasteiger partial charge in [0.15, 0.2) is 0 Å². The molecule has 4 heteroatoms. The number of carbonyl (C=O) groups is 1. The van der Waals surface area contributed by atoms with Crippen LogP contribution in [-0.2, 0) is 0 Å². The number of rotatable bonds is 4. The van der Waals surface area contributed by atoms with Gasteiger partial charge in [-0.05, 0) is 74.9 Å². The van der Waals surface area contributed by atoms with Crippen molar-refractivity contribution in [3.8, 4) is 0 Å². The second kappa shape index (κ2) is 6.59. The van der Waals surface area contributed by atoms with Crippen molar-refractivity contribution in [2.75, 3.05) is 31.6 Å². The lowest BCUT2D eigenvalue weighted by molar-refractivity contribution is 0.0697. The van der Waals surface area contributed by atoms with Crippen LogP contribution in [0.15, 0.2) is 36.4 Å². The molecule has 3 rings (SSSR count). The topological polar surface area (TPSA) is 43.8 Å². The molecule has 1 saturated heterocycles. The number of anilines is 1. The van der Waals surface area contributed by atoms with Crippen molar-refractivity contribution in [2.24, 2.45) is 0 Å². The van der Waals surface area contributed by atoms with Gasteiger partial charge in [-0.3, -0.25) is 0 Å². The molecule has 0 saturated carbocycles. The molecule has 0 atom stereocenters. The van der Waals surface area contributed by atoms with Crippen molar-refractivity contribution in [2.45, 2.75) is 25.8 Å². The normalized spacial score (nSPS) is 16.6. The second-order valence-electron chi connectivity index (χ2n) is 6.37. The molecule has 1 fully saturated rings. The molecule has 4 nitrogen and oxygen atoms in total. The van der Waals surface area contributed by atoms with Crippen molar-refractivity contribution in [1.82, 2.24) is 4.90 Å². The van der Waals surface area contributed by atoms with Crippen molar-refractivity contribution in [3.63, 3.8) is 0 Å². The monoisotopic (exact) mass is 312 g/mol. The van der Waals surface area contributed by atoms with E-state index in [1.165, 1.54) is 18.5 Å². The van der Waals surface area contributed by atoms with Gasteiger partial charge in [-0.2, -0.15) is 0 Å². The van der Waals surface area contributed by atoms with Crippen LogP contribution in [0.4, 0.5) is 5.69 Å². The second-order valence-corrected chi connectivity index (χ2v) is 6.37. The molecule has 0 unspecified atom stereocenters. The van der Waals surface area contributed by atoms with Gasteiger partial charge in [0.1, 0.15) is 0 Å². The summed E-state index contributed by atoms with van der Waals surface area (Å²) in [5, 5.41) is 11.2. The predicted octanol–water partition coefficient (Wildman–Crippen LogP) is 3.46. The van der Waals surface area contributed by atoms with E-state index in [0.29, 0.717) is 11.6 Å². The van der Waals surface area contributed by atoms with Crippen LogP contribution in [0.3, 0.4) is 0 Å². The van der Waals surface area contributed by atoms with Crippen LogP contribution in [0.1, 0.15) is 30.1 Å². The number of likely N-dealkylation sites (tertiary alicyclic amines) is 1. The summed E-state index contributed by atoms with van der Waals surface area (Å²) in [6.07, 6.45) is 2.39. The van der Waals surface area contributed by atoms with Gasteiger partial charge in [0.2, 0.25) is 0 Å². The Balaban J connectivity index is 1.89. The maximum absolute atomic E-state index is 11.1. The Morgan fingerprint density at radius 2 is 1.83 bits per heavy atom. The van der Waals surface area contributed by atoms with Gasteiger partial charge < -0.3 is 14.9 Å². The molecule has 0 aromatic heterocycles. The molecule has 0 radical (unpaired) electrons. The molecule has 1 N–H and O–H groups in total. The van der Waals surface area contributed by atoms with E-state index in [4.69, 9.17) is 5.11 Å². The zero-order valence-electron chi connectivity index (χ0n) is 13.8. The maximum atomic E-state index is 11.1. The van der Waals surface area contributed by atoms with Crippen LogP contribution in [0.25, 0.3) is 10.8 Å². The smallest absolute Gasteiger partial charge is 0.335 e. The largest absolute Gasteiger partial charge is 0.478 e. The molecule has 0 bridgehead atoms. The number of fused-ring (bicyclic) bond motifs is 1. The highest BCUT2D eigenvalue weighted by molar-refractivity contribution is 5.95. The highest BCUT2D eigenvalue weighted by Gasteiger charge is 2.22. The zero-order valence-corrected chi connectivity index (χ0v) is 13.8. The molecule has 2 aromatic carbocycles. The molecular formula is C19H24N2O2. The van der Waals surface area contributed by atoms with Crippen LogP contribution >= 0.6 is 0 Å². The van der Waals surface area contributed by atoms with Gasteiger partial charge in [-0.1, -0.05) is 12.1 Å². The number of carboxylic acids is 1. The van der Waals surface area contributed by atoms with Crippen LogP contribution in [0.5, 0.6) is 0 Å². The van der Waals surface area contributed by atoms with E-state index >= 15 is 0 Å². The number of benzene rings is 2. The van der Waals surface area contributed by atoms with Gasteiger partial charge in [0.25, 0.3) is 0 Å². The Bertz CT molecular complexity index is 706. The first-order valence-electron chi connectivity index (χ1n) is 8.31. The highest BCUT2D eigenvalue weighted by Crippen LogP contribution is 2.27. The molecule has 0 spiro atoms. The van der Waals surface area contributed by atoms with Gasteiger partial charge >= 0.3 is 5.97 Å². The molecule has 23 heavy (non-hydrogen) atoms. The SMILES string of the molecule is CCN(c1ccc2cc(C(=O)O)ccc2c1)C1CCN(C)CC1. The van der Waals surface area contributed by atoms with Crippen molar-refractivity contribution < 1.29 is 9.90 Å². The van der Waals surface area contributed by atoms with Crippen molar-refractivity contribution >= 4 is 22.4 Å². The number of carboxylic acid groups (broad SMARTS) is 1. The van der Waals surface area contributed by atoms with E-state index in [1.807, 2.05) is 12.1 Å². The highest BCUT2D eigenvalue weighted by atomic mass is 16.4. The molecular weight excluding hydrogens is 288 g/mol. The first kappa shape index (κ1) is 15.8. The first-order chi connectivity index (χ1) is 11.1. The molecule has 1 heterocycles. The van der Waals surface area contributed by atoms with Crippen molar-refractivity contribution in [1.29, 1.82) is 0 Å². The fourth-order valence-electron chi connectivity index (χ4n) is 3.50. The number of piperidine rings is 1. The molecule has 1 aliphatic rings. The molecule has 2 aromatic rings. The lowest BCUT2D eigenvalue weighted by atomic mass is 10.0. The first-order valence-corrected chi connectivity index (χ1v) is 8.31. The van der Waals surface area contributed by atoms with Gasteiger partial charge in [0, 0.05) is 18.3 Å². The van der Waals surface area contributed by atoms with E-state index in [0.717, 1.165) is 30.4 Å². The standard InChI is InChI=1S/C19H24N2O2/c1-3-21(17-8-10-20(2)11-9-17)18-7-6-14-12-16(19(22)23)5-4-15(14)13-18/h4-7,12-13,17H,3,8-11H2,1-2H3,(H,22,23). The Kier molecular flexibility index (Phi) is 4.53. The van der Waals surface area contributed by atoms with E-state index in [1.54, 1.807) is 12.1 Å². The summed E-state index contributed by atoms with van der Waals surface area (Å²) < 4.78 is 0. The lowest BCUT2D eigenvalue weighted by Gasteiger charge is -2.38. The average molecular weight is 312 g/mol. The number of nitrogens with zero attached hydrogens (tertiary/aromatic N) is 2. The molecule has 0 aliphatic carbocycles. The minimum absolute atomic E-state index is 0.341. The fourth-order valence-corrected chi connectivity index (χ4v) is 3.50. The van der Waals surface area contributed by atoms with Crippen LogP contribution < -0.4 is 4.90 Å². The molecule has 122 valence electrons. The van der Waals surface area contributed by atoms with Gasteiger partial charge in [-0.25, -0.2) is 4.79 Å². The average Bonchev–Trinajstić information content (AvgIpc) is 2.56. The van der Waals surface area contributed by atoms with Gasteiger partial charge in [0.05, 0.1) is 5.56 Å². The van der Waals surface area contributed by atoms with Gasteiger partial charge in [-0.15, -0.1) is 0 Å².